The molecule has 1 atom stereocenters. The van der Waals surface area contributed by atoms with Crippen molar-refractivity contribution >= 4 is 51.7 Å². The lowest BCUT2D eigenvalue weighted by atomic mass is 10.0. The van der Waals surface area contributed by atoms with Gasteiger partial charge in [0.1, 0.15) is 12.6 Å². The Morgan fingerprint density at radius 2 is 1.83 bits per heavy atom. The number of carbonyl (C=O) groups is 2. The highest BCUT2D eigenvalue weighted by atomic mass is 127. The fourth-order valence-electron chi connectivity index (χ4n) is 4.09. The first-order valence-electron chi connectivity index (χ1n) is 13.2. The van der Waals surface area contributed by atoms with Gasteiger partial charge in [-0.2, -0.15) is 5.10 Å². The predicted octanol–water partition coefficient (Wildman–Crippen LogP) is 5.80. The number of ether oxygens (including phenoxy) is 3. The number of H-pyrrole nitrogens is 1. The van der Waals surface area contributed by atoms with E-state index in [9.17, 15) is 9.59 Å². The second-order valence-corrected chi connectivity index (χ2v) is 11.0. The molecule has 0 aliphatic rings. The quantitative estimate of drug-likeness (QED) is 0.100. The second kappa shape index (κ2) is 14.5. The number of rotatable bonds is 12. The number of hydrazone groups is 1. The Hall–Kier alpha value is -4.06. The molecule has 1 heterocycles. The van der Waals surface area contributed by atoms with Gasteiger partial charge in [0.25, 0.3) is 5.91 Å². The number of alkyl carbamates (subject to hydrolysis) is 1. The van der Waals surface area contributed by atoms with Gasteiger partial charge in [0.2, 0.25) is 0 Å². The van der Waals surface area contributed by atoms with Crippen molar-refractivity contribution in [2.45, 2.75) is 32.9 Å². The lowest BCUT2D eigenvalue weighted by Crippen LogP contribution is -2.47. The van der Waals surface area contributed by atoms with Crippen molar-refractivity contribution < 1.29 is 23.8 Å². The van der Waals surface area contributed by atoms with Gasteiger partial charge in [-0.1, -0.05) is 62.4 Å². The summed E-state index contributed by atoms with van der Waals surface area (Å²) in [5.74, 6) is 0.868. The maximum absolute atomic E-state index is 13.2. The molecule has 0 bridgehead atoms. The van der Waals surface area contributed by atoms with Crippen LogP contribution in [0.1, 0.15) is 30.5 Å². The molecule has 0 radical (unpaired) electrons. The number of amides is 2. The number of fused-ring (bicyclic) bond motifs is 1. The first-order chi connectivity index (χ1) is 19.8. The van der Waals surface area contributed by atoms with Gasteiger partial charge in [0, 0.05) is 23.5 Å². The number of hydrogen-bond donors (Lipinski definition) is 3. The molecule has 10 heteroatoms. The molecule has 9 nitrogen and oxygen atoms in total. The zero-order chi connectivity index (χ0) is 29.2. The molecular formula is C31H33IN4O5. The summed E-state index contributed by atoms with van der Waals surface area (Å²) < 4.78 is 17.7. The molecule has 0 aliphatic carbocycles. The maximum atomic E-state index is 13.2. The van der Waals surface area contributed by atoms with Gasteiger partial charge < -0.3 is 24.5 Å². The summed E-state index contributed by atoms with van der Waals surface area (Å²) >= 11 is 2.18. The van der Waals surface area contributed by atoms with Crippen LogP contribution in [-0.2, 0) is 22.6 Å². The average Bonchev–Trinajstić information content (AvgIpc) is 3.38. The van der Waals surface area contributed by atoms with Crippen LogP contribution in [0.15, 0.2) is 78.0 Å². The fraction of sp³-hybridized carbons (Fsp3) is 0.258. The lowest BCUT2D eigenvalue weighted by Gasteiger charge is -2.17. The smallest absolute Gasteiger partial charge is 0.407 e. The minimum absolute atomic E-state index is 0.168. The van der Waals surface area contributed by atoms with Crippen molar-refractivity contribution in [2.24, 2.45) is 11.0 Å². The number of nitrogens with zero attached hydrogens (tertiary/aromatic N) is 1. The minimum atomic E-state index is -0.908. The average molecular weight is 669 g/mol. The molecule has 3 N–H and O–H groups in total. The Morgan fingerprint density at radius 1 is 1.07 bits per heavy atom. The Labute approximate surface area is 252 Å². The topological polar surface area (TPSA) is 114 Å². The van der Waals surface area contributed by atoms with Gasteiger partial charge in [-0.3, -0.25) is 4.79 Å². The summed E-state index contributed by atoms with van der Waals surface area (Å²) in [5, 5.41) is 7.81. The van der Waals surface area contributed by atoms with Crippen LogP contribution in [0.2, 0.25) is 0 Å². The Bertz CT molecular complexity index is 1500. The van der Waals surface area contributed by atoms with E-state index in [0.717, 1.165) is 25.6 Å². The highest BCUT2D eigenvalue weighted by Crippen LogP contribution is 2.34. The summed E-state index contributed by atoms with van der Waals surface area (Å²) in [6.07, 6.45) is 2.95. The minimum Gasteiger partial charge on any atom is -0.493 e. The van der Waals surface area contributed by atoms with Crippen molar-refractivity contribution in [2.75, 3.05) is 13.7 Å². The first kappa shape index (κ1) is 29.9. The number of benzene rings is 3. The Balaban J connectivity index is 1.45. The van der Waals surface area contributed by atoms with E-state index < -0.39 is 18.0 Å². The number of hydrogen-bond acceptors (Lipinski definition) is 6. The first-order valence-corrected chi connectivity index (χ1v) is 14.3. The summed E-state index contributed by atoms with van der Waals surface area (Å²) in [6.45, 7) is 4.53. The van der Waals surface area contributed by atoms with Crippen LogP contribution >= 0.6 is 22.6 Å². The van der Waals surface area contributed by atoms with Crippen LogP contribution in [0.25, 0.3) is 10.9 Å². The van der Waals surface area contributed by atoms with E-state index in [1.54, 1.807) is 13.2 Å². The van der Waals surface area contributed by atoms with Gasteiger partial charge in [-0.05, 0) is 63.4 Å². The molecule has 0 fully saturated rings. The maximum Gasteiger partial charge on any atom is 0.407 e. The van der Waals surface area contributed by atoms with E-state index in [-0.39, 0.29) is 18.9 Å². The standard InChI is InChI=1S/C31H33IN4O5/c1-20(2)18-41-31(38)35-27(15-23-17-33-26-12-8-7-11-24(23)26)30(37)36-34-16-22-13-25(32)29(28(14-22)39-3)40-19-21-9-5-4-6-10-21/h4-14,16-17,20,27,33H,15,18-19H2,1-3H3,(H,35,38)(H,36,37)/b34-16-/t27-/m0/s1. The summed E-state index contributed by atoms with van der Waals surface area (Å²) in [6, 6.07) is 20.4. The molecule has 214 valence electrons. The van der Waals surface area contributed by atoms with Crippen LogP contribution in [0.4, 0.5) is 4.79 Å². The molecule has 0 saturated heterocycles. The van der Waals surface area contributed by atoms with E-state index in [1.165, 1.54) is 6.21 Å². The highest BCUT2D eigenvalue weighted by Gasteiger charge is 2.23. The van der Waals surface area contributed by atoms with Gasteiger partial charge in [-0.25, -0.2) is 10.2 Å². The number of aromatic amines is 1. The Morgan fingerprint density at radius 3 is 2.59 bits per heavy atom. The van der Waals surface area contributed by atoms with Crippen molar-refractivity contribution in [1.82, 2.24) is 15.7 Å². The number of methoxy groups -OCH3 is 1. The molecule has 0 saturated carbocycles. The van der Waals surface area contributed by atoms with Crippen molar-refractivity contribution in [1.29, 1.82) is 0 Å². The van der Waals surface area contributed by atoms with Gasteiger partial charge >= 0.3 is 6.09 Å². The van der Waals surface area contributed by atoms with Gasteiger partial charge in [-0.15, -0.1) is 0 Å². The largest absolute Gasteiger partial charge is 0.493 e. The van der Waals surface area contributed by atoms with Crippen molar-refractivity contribution in [3.05, 3.63) is 93.2 Å². The van der Waals surface area contributed by atoms with E-state index in [4.69, 9.17) is 14.2 Å². The SMILES string of the molecule is COc1cc(/C=N\NC(=O)[C@H](Cc2c[nH]c3ccccc23)NC(=O)OCC(C)C)cc(I)c1OCc1ccccc1. The molecule has 41 heavy (non-hydrogen) atoms. The second-order valence-electron chi connectivity index (χ2n) is 9.80. The van der Waals surface area contributed by atoms with Gasteiger partial charge in [0.15, 0.2) is 11.5 Å². The molecule has 1 aromatic heterocycles. The number of carbonyl (C=O) groups excluding carboxylic acids is 2. The molecule has 4 rings (SSSR count). The highest BCUT2D eigenvalue weighted by molar-refractivity contribution is 14.1. The molecular weight excluding hydrogens is 635 g/mol. The summed E-state index contributed by atoms with van der Waals surface area (Å²) in [4.78, 5) is 28.8. The van der Waals surface area contributed by atoms with E-state index in [0.29, 0.717) is 23.7 Å². The van der Waals surface area contributed by atoms with E-state index in [2.05, 4.69) is 43.4 Å². The molecule has 0 aliphatic heterocycles. The molecule has 0 spiro atoms. The van der Waals surface area contributed by atoms with Crippen LogP contribution in [0.5, 0.6) is 11.5 Å². The number of halogens is 1. The molecule has 4 aromatic rings. The van der Waals surface area contributed by atoms with E-state index in [1.807, 2.05) is 80.7 Å². The van der Waals surface area contributed by atoms with Gasteiger partial charge in [0.05, 0.1) is 23.5 Å². The van der Waals surface area contributed by atoms with Crippen LogP contribution in [0, 0.1) is 9.49 Å². The van der Waals surface area contributed by atoms with Crippen molar-refractivity contribution in [3.8, 4) is 11.5 Å². The van der Waals surface area contributed by atoms with Crippen LogP contribution in [-0.4, -0.2) is 43.0 Å². The van der Waals surface area contributed by atoms with E-state index >= 15 is 0 Å². The summed E-state index contributed by atoms with van der Waals surface area (Å²) in [5.41, 5.74) is 6.14. The predicted molar refractivity (Wildman–Crippen MR) is 167 cm³/mol. The third kappa shape index (κ3) is 8.46. The Kier molecular flexibility index (Phi) is 10.6. The fourth-order valence-corrected chi connectivity index (χ4v) is 4.87. The molecule has 0 unspecified atom stereocenters. The third-order valence-electron chi connectivity index (χ3n) is 6.12. The van der Waals surface area contributed by atoms with Crippen LogP contribution < -0.4 is 20.2 Å². The normalized spacial score (nSPS) is 11.9. The molecule has 3 aromatic carbocycles. The zero-order valence-corrected chi connectivity index (χ0v) is 25.3. The molecule has 2 amide bonds. The zero-order valence-electron chi connectivity index (χ0n) is 23.1. The number of aromatic nitrogens is 1. The van der Waals surface area contributed by atoms with Crippen LogP contribution in [0.3, 0.4) is 0 Å². The number of para-hydroxylation sites is 1. The van der Waals surface area contributed by atoms with Crippen molar-refractivity contribution in [3.63, 3.8) is 0 Å². The lowest BCUT2D eigenvalue weighted by molar-refractivity contribution is -0.123. The summed E-state index contributed by atoms with van der Waals surface area (Å²) in [7, 11) is 1.57. The number of nitrogens with one attached hydrogen (secondary N) is 3. The third-order valence-corrected chi connectivity index (χ3v) is 6.92. The monoisotopic (exact) mass is 668 g/mol.